The highest BCUT2D eigenvalue weighted by Crippen LogP contribution is 2.37. The van der Waals surface area contributed by atoms with E-state index >= 15 is 0 Å². The number of carbonyl (C=O) groups is 4. The van der Waals surface area contributed by atoms with Crippen LogP contribution in [0.25, 0.3) is 21.7 Å². The molecule has 0 bridgehead atoms. The van der Waals surface area contributed by atoms with E-state index in [1.165, 1.54) is 41.1 Å². The highest BCUT2D eigenvalue weighted by Gasteiger charge is 2.42. The number of halogens is 3. The van der Waals surface area contributed by atoms with Gasteiger partial charge >= 0.3 is 5.76 Å². The Morgan fingerprint density at radius 2 is 1.73 bits per heavy atom. The van der Waals surface area contributed by atoms with Gasteiger partial charge in [-0.05, 0) is 73.1 Å². The van der Waals surface area contributed by atoms with E-state index in [2.05, 4.69) is 36.2 Å². The molecule has 3 atom stereocenters. The molecule has 0 aliphatic carbocycles. The van der Waals surface area contributed by atoms with Crippen LogP contribution in [0.2, 0.25) is 0 Å². The Morgan fingerprint density at radius 3 is 2.39 bits per heavy atom. The third-order valence-electron chi connectivity index (χ3n) is 11.6. The monoisotopic (exact) mass is 1000 g/mol. The number of hydrogen-bond donors (Lipinski definition) is 6. The molecule has 70 heavy (non-hydrogen) atoms. The van der Waals surface area contributed by atoms with Crippen LogP contribution in [0.3, 0.4) is 0 Å². The van der Waals surface area contributed by atoms with Gasteiger partial charge in [0.05, 0.1) is 27.5 Å². The number of nitrogens with zero attached hydrogens (tertiary/aromatic N) is 5. The number of amides is 4. The van der Waals surface area contributed by atoms with Gasteiger partial charge in [0.2, 0.25) is 17.7 Å². The van der Waals surface area contributed by atoms with E-state index < -0.39 is 57.0 Å². The van der Waals surface area contributed by atoms with Gasteiger partial charge in [-0.1, -0.05) is 63.2 Å². The number of aryl methyl sites for hydroxylation is 2. The Labute approximate surface area is 405 Å². The van der Waals surface area contributed by atoms with Crippen molar-refractivity contribution in [2.75, 3.05) is 16.6 Å². The summed E-state index contributed by atoms with van der Waals surface area (Å²) in [6.45, 7) is 9.79. The van der Waals surface area contributed by atoms with E-state index in [0.29, 0.717) is 24.9 Å². The number of rotatable bonds is 19. The van der Waals surface area contributed by atoms with Crippen LogP contribution in [0.4, 0.5) is 30.5 Å². The van der Waals surface area contributed by atoms with Crippen molar-refractivity contribution >= 4 is 62.3 Å². The Morgan fingerprint density at radius 1 is 1.01 bits per heavy atom. The molecule has 7 N–H and O–H groups in total. The van der Waals surface area contributed by atoms with E-state index in [0.717, 1.165) is 27.8 Å². The number of alkyl halides is 2. The summed E-state index contributed by atoms with van der Waals surface area (Å²) in [4.78, 5) is 60.9. The standard InChI is InChI=1S/C47H52F3N11O7S2/c1-26-40(69-25-53-26)30-10-8-28(9-11-30)24-52-44(64)34-7-6-20-61(34)45(65)41(47(3,4)5)55-37(62)19-22-60-21-18-36(58-60)54-43-38(42(51)63)39(56-57-43)31-14-17-33(59-70(66,67)46(49)50)35(23-31)68-27(2)29-12-15-32(48)16-13-29/h8-18,21,23,25,27,34,41,46,59H,6-7,19-20,22,24H2,1-5H3,(H2,51,63)(H,52,64)(H,55,62)(H2,54,56,57,58)/t27-,34-,41+/m0/s1. The molecule has 4 amide bonds. The van der Waals surface area contributed by atoms with Gasteiger partial charge in [-0.15, -0.1) is 11.3 Å². The molecular weight excluding hydrogens is 952 g/mol. The molecule has 1 aliphatic rings. The van der Waals surface area contributed by atoms with Crippen LogP contribution >= 0.6 is 11.3 Å². The summed E-state index contributed by atoms with van der Waals surface area (Å²) < 4.78 is 73.9. The Hall–Kier alpha value is -7.27. The Kier molecular flexibility index (Phi) is 15.3. The first-order chi connectivity index (χ1) is 33.2. The fourth-order valence-electron chi connectivity index (χ4n) is 7.83. The molecule has 1 saturated heterocycles. The van der Waals surface area contributed by atoms with Crippen LogP contribution in [-0.4, -0.2) is 86.3 Å². The number of thiazole rings is 1. The molecule has 370 valence electrons. The van der Waals surface area contributed by atoms with Crippen LogP contribution in [0, 0.1) is 18.2 Å². The molecule has 7 rings (SSSR count). The molecule has 1 aliphatic heterocycles. The van der Waals surface area contributed by atoms with Crippen molar-refractivity contribution < 1.29 is 45.5 Å². The van der Waals surface area contributed by atoms with Crippen molar-refractivity contribution in [1.82, 2.24) is 40.5 Å². The zero-order chi connectivity index (χ0) is 50.5. The summed E-state index contributed by atoms with van der Waals surface area (Å²) in [5.74, 6) is -6.29. The van der Waals surface area contributed by atoms with E-state index in [4.69, 9.17) is 10.5 Å². The highest BCUT2D eigenvalue weighted by molar-refractivity contribution is 7.93. The third-order valence-corrected chi connectivity index (χ3v) is 13.5. The number of likely N-dealkylation sites (tertiary alicyclic amines) is 1. The quantitative estimate of drug-likeness (QED) is 0.0481. The number of aromatic amines is 1. The topological polar surface area (TPSA) is 248 Å². The normalized spacial score (nSPS) is 14.8. The average molecular weight is 1000 g/mol. The van der Waals surface area contributed by atoms with Crippen LogP contribution in [-0.2, 0) is 37.5 Å². The maximum absolute atomic E-state index is 14.1. The van der Waals surface area contributed by atoms with Gasteiger partial charge in [-0.2, -0.15) is 19.0 Å². The molecule has 0 saturated carbocycles. The number of anilines is 3. The second-order valence-corrected chi connectivity index (χ2v) is 20.2. The molecule has 1 fully saturated rings. The van der Waals surface area contributed by atoms with E-state index in [1.807, 2.05) is 56.7 Å². The molecule has 4 heterocycles. The highest BCUT2D eigenvalue weighted by atomic mass is 32.2. The predicted octanol–water partition coefficient (Wildman–Crippen LogP) is 7.02. The number of sulfonamides is 1. The zero-order valence-electron chi connectivity index (χ0n) is 38.8. The molecule has 3 aromatic carbocycles. The molecule has 0 spiro atoms. The summed E-state index contributed by atoms with van der Waals surface area (Å²) in [5, 5.41) is 20.2. The van der Waals surface area contributed by atoms with E-state index in [1.54, 1.807) is 40.9 Å². The van der Waals surface area contributed by atoms with E-state index in [-0.39, 0.29) is 71.2 Å². The van der Waals surface area contributed by atoms with Crippen LogP contribution in [0.5, 0.6) is 5.75 Å². The Bertz CT molecular complexity index is 2970. The van der Waals surface area contributed by atoms with Crippen molar-refractivity contribution in [3.63, 3.8) is 0 Å². The maximum atomic E-state index is 14.1. The van der Waals surface area contributed by atoms with Crippen molar-refractivity contribution in [3.05, 3.63) is 113 Å². The minimum Gasteiger partial charge on any atom is -0.484 e. The molecule has 23 heteroatoms. The number of benzene rings is 3. The van der Waals surface area contributed by atoms with E-state index in [9.17, 15) is 40.8 Å². The molecule has 0 unspecified atom stereocenters. The summed E-state index contributed by atoms with van der Waals surface area (Å²) >= 11 is 1.56. The zero-order valence-corrected chi connectivity index (χ0v) is 40.4. The number of aromatic nitrogens is 5. The lowest BCUT2D eigenvalue weighted by Crippen LogP contribution is -2.57. The SMILES string of the molecule is Cc1ncsc1-c1ccc(CNC(=O)[C@@H]2CCCN2C(=O)[C@@H](NC(=O)CCn2ccc(Nc3n[nH]c(-c4ccc(NS(=O)(=O)C(F)F)c(O[C@@H](C)c5ccc(F)cc5)c4)c3C(N)=O)n2)C(C)(C)C)cc1. The number of primary amides is 1. The number of H-pyrrole nitrogens is 1. The first-order valence-corrected chi connectivity index (χ1v) is 24.5. The van der Waals surface area contributed by atoms with Crippen LogP contribution in [0.1, 0.15) is 80.2 Å². The first-order valence-electron chi connectivity index (χ1n) is 22.1. The number of nitrogens with two attached hydrogens (primary N) is 1. The van der Waals surface area contributed by atoms with Gasteiger partial charge in [0, 0.05) is 43.9 Å². The van der Waals surface area contributed by atoms with Crippen molar-refractivity contribution in [1.29, 1.82) is 0 Å². The van der Waals surface area contributed by atoms with Gasteiger partial charge < -0.3 is 31.3 Å². The average Bonchev–Trinajstić information content (AvgIpc) is 4.15. The number of hydrogen-bond acceptors (Lipinski definition) is 12. The largest absolute Gasteiger partial charge is 0.484 e. The second kappa shape index (κ2) is 21.2. The molecular formula is C47H52F3N11O7S2. The van der Waals surface area contributed by atoms with Gasteiger partial charge in [0.1, 0.15) is 35.3 Å². The van der Waals surface area contributed by atoms with Crippen molar-refractivity contribution in [2.24, 2.45) is 11.1 Å². The molecule has 18 nitrogen and oxygen atoms in total. The molecule has 0 radical (unpaired) electrons. The number of ether oxygens (including phenoxy) is 1. The summed E-state index contributed by atoms with van der Waals surface area (Å²) in [7, 11) is -5.13. The fraction of sp³-hybridized carbons (Fsp3) is 0.340. The van der Waals surface area contributed by atoms with Gasteiger partial charge in [-0.3, -0.25) is 33.7 Å². The van der Waals surface area contributed by atoms with Gasteiger partial charge in [-0.25, -0.2) is 17.8 Å². The summed E-state index contributed by atoms with van der Waals surface area (Å²) in [6, 6.07) is 16.9. The molecule has 3 aromatic heterocycles. The lowest BCUT2D eigenvalue weighted by Gasteiger charge is -2.35. The number of carbonyl (C=O) groups excluding carboxylic acids is 4. The van der Waals surface area contributed by atoms with Crippen molar-refractivity contribution in [3.8, 4) is 27.4 Å². The second-order valence-electron chi connectivity index (χ2n) is 17.7. The van der Waals surface area contributed by atoms with Crippen LogP contribution in [0.15, 0.2) is 84.5 Å². The predicted molar refractivity (Wildman–Crippen MR) is 257 cm³/mol. The van der Waals surface area contributed by atoms with Crippen molar-refractivity contribution in [2.45, 2.75) is 90.9 Å². The Balaban J connectivity index is 0.982. The third kappa shape index (κ3) is 11.9. The molecule has 6 aromatic rings. The lowest BCUT2D eigenvalue weighted by atomic mass is 9.85. The lowest BCUT2D eigenvalue weighted by molar-refractivity contribution is -0.144. The number of nitrogens with one attached hydrogen (secondary N) is 5. The van der Waals surface area contributed by atoms with Gasteiger partial charge in [0.15, 0.2) is 11.6 Å². The maximum Gasteiger partial charge on any atom is 0.355 e. The summed E-state index contributed by atoms with van der Waals surface area (Å²) in [6.07, 6.45) is 1.80. The smallest absolute Gasteiger partial charge is 0.355 e. The minimum absolute atomic E-state index is 0.0490. The first kappa shape index (κ1) is 50.6. The van der Waals surface area contributed by atoms with Gasteiger partial charge in [0.25, 0.3) is 15.9 Å². The fourth-order valence-corrected chi connectivity index (χ4v) is 9.21. The summed E-state index contributed by atoms with van der Waals surface area (Å²) in [5.41, 5.74) is 10.1. The van der Waals surface area contributed by atoms with Crippen LogP contribution < -0.4 is 31.1 Å². The minimum atomic E-state index is -5.13.